The van der Waals surface area contributed by atoms with E-state index in [1.54, 1.807) is 0 Å². The van der Waals surface area contributed by atoms with Crippen LogP contribution in [0.5, 0.6) is 0 Å². The number of piperidine rings is 2. The summed E-state index contributed by atoms with van der Waals surface area (Å²) in [6, 6.07) is 3.40. The van der Waals surface area contributed by atoms with E-state index in [9.17, 15) is 0 Å². The minimum Gasteiger partial charge on any atom is -0.311 e. The lowest BCUT2D eigenvalue weighted by molar-refractivity contribution is 0.0458. The molecule has 1 saturated carbocycles. The molecule has 4 atom stereocenters. The van der Waals surface area contributed by atoms with Gasteiger partial charge in [-0.2, -0.15) is 0 Å². The monoisotopic (exact) mass is 250 g/mol. The summed E-state index contributed by atoms with van der Waals surface area (Å²) in [4.78, 5) is 2.67. The molecule has 0 spiro atoms. The van der Waals surface area contributed by atoms with Crippen LogP contribution < -0.4 is 5.32 Å². The van der Waals surface area contributed by atoms with Crippen LogP contribution in [0.3, 0.4) is 0 Å². The molecule has 18 heavy (non-hydrogen) atoms. The molecule has 1 aliphatic carbocycles. The summed E-state index contributed by atoms with van der Waals surface area (Å²) in [7, 11) is 2.35. The summed E-state index contributed by atoms with van der Waals surface area (Å²) in [6.07, 6.45) is 12.9. The number of nitrogens with zero attached hydrogens (tertiary/aromatic N) is 1. The van der Waals surface area contributed by atoms with Crippen molar-refractivity contribution in [2.75, 3.05) is 7.05 Å². The molecule has 0 radical (unpaired) electrons. The van der Waals surface area contributed by atoms with E-state index in [0.29, 0.717) is 0 Å². The van der Waals surface area contributed by atoms with Gasteiger partial charge in [0.25, 0.3) is 0 Å². The second kappa shape index (κ2) is 5.50. The van der Waals surface area contributed by atoms with E-state index >= 15 is 0 Å². The van der Waals surface area contributed by atoms with Crippen LogP contribution in [0.2, 0.25) is 0 Å². The highest BCUT2D eigenvalue weighted by Gasteiger charge is 2.37. The van der Waals surface area contributed by atoms with E-state index in [0.717, 1.165) is 30.1 Å². The van der Waals surface area contributed by atoms with Gasteiger partial charge in [-0.3, -0.25) is 0 Å². The molecule has 3 fully saturated rings. The molecule has 0 aromatic carbocycles. The lowest BCUT2D eigenvalue weighted by Crippen LogP contribution is -2.55. The highest BCUT2D eigenvalue weighted by molar-refractivity contribution is 4.95. The Bertz CT molecular complexity index is 264. The third-order valence-corrected chi connectivity index (χ3v) is 5.93. The van der Waals surface area contributed by atoms with Gasteiger partial charge in [-0.15, -0.1) is 0 Å². The van der Waals surface area contributed by atoms with Gasteiger partial charge < -0.3 is 10.2 Å². The second-order valence-electron chi connectivity index (χ2n) is 7.02. The van der Waals surface area contributed by atoms with Crippen LogP contribution >= 0.6 is 0 Å². The zero-order chi connectivity index (χ0) is 12.5. The summed E-state index contributed by atoms with van der Waals surface area (Å²) in [5, 5.41) is 4.00. The maximum Gasteiger partial charge on any atom is 0.0110 e. The minimum absolute atomic E-state index is 0.817. The normalized spacial score (nSPS) is 45.3. The molecule has 0 aromatic heterocycles. The van der Waals surface area contributed by atoms with Crippen LogP contribution in [-0.4, -0.2) is 36.1 Å². The maximum absolute atomic E-state index is 4.00. The van der Waals surface area contributed by atoms with Gasteiger partial charge in [0, 0.05) is 24.2 Å². The third kappa shape index (κ3) is 2.60. The Morgan fingerprint density at radius 2 is 1.67 bits per heavy atom. The van der Waals surface area contributed by atoms with Crippen LogP contribution in [0.1, 0.15) is 64.7 Å². The molecular formula is C16H30N2. The maximum atomic E-state index is 4.00. The van der Waals surface area contributed by atoms with E-state index in [1.165, 1.54) is 57.8 Å². The molecule has 0 aromatic rings. The van der Waals surface area contributed by atoms with E-state index in [-0.39, 0.29) is 0 Å². The van der Waals surface area contributed by atoms with Gasteiger partial charge in [-0.25, -0.2) is 0 Å². The average Bonchev–Trinajstić information content (AvgIpc) is 2.78. The fourth-order valence-corrected chi connectivity index (χ4v) is 4.68. The van der Waals surface area contributed by atoms with Crippen molar-refractivity contribution in [2.45, 2.75) is 88.9 Å². The number of fused-ring (bicyclic) bond motifs is 2. The summed E-state index contributed by atoms with van der Waals surface area (Å²) < 4.78 is 0. The Labute approximate surface area is 113 Å². The van der Waals surface area contributed by atoms with Crippen LogP contribution in [0.4, 0.5) is 0 Å². The largest absolute Gasteiger partial charge is 0.311 e. The molecule has 0 amide bonds. The molecule has 2 nitrogen and oxygen atoms in total. The second-order valence-corrected chi connectivity index (χ2v) is 7.02. The van der Waals surface area contributed by atoms with E-state index < -0.39 is 0 Å². The fourth-order valence-electron chi connectivity index (χ4n) is 4.68. The molecule has 2 heteroatoms. The quantitative estimate of drug-likeness (QED) is 0.827. The molecule has 2 aliphatic heterocycles. The lowest BCUT2D eigenvalue weighted by Gasteiger charge is -2.47. The van der Waals surface area contributed by atoms with Crippen LogP contribution in [0.25, 0.3) is 0 Å². The Morgan fingerprint density at radius 1 is 0.944 bits per heavy atom. The number of nitrogens with one attached hydrogen (secondary N) is 1. The number of hydrogen-bond acceptors (Lipinski definition) is 2. The van der Waals surface area contributed by atoms with Crippen molar-refractivity contribution in [1.29, 1.82) is 0 Å². The predicted molar refractivity (Wildman–Crippen MR) is 76.8 cm³/mol. The first-order valence-corrected chi connectivity index (χ1v) is 8.24. The van der Waals surface area contributed by atoms with Gasteiger partial charge in [0.15, 0.2) is 0 Å². The Balaban J connectivity index is 1.52. The first-order valence-electron chi connectivity index (χ1n) is 8.24. The Hall–Kier alpha value is -0.0800. The highest BCUT2D eigenvalue weighted by atomic mass is 15.2. The molecule has 3 aliphatic rings. The van der Waals surface area contributed by atoms with Crippen molar-refractivity contribution in [3.8, 4) is 0 Å². The van der Waals surface area contributed by atoms with Crippen molar-refractivity contribution in [1.82, 2.24) is 10.2 Å². The van der Waals surface area contributed by atoms with Gasteiger partial charge in [-0.1, -0.05) is 19.8 Å². The van der Waals surface area contributed by atoms with Crippen molar-refractivity contribution < 1.29 is 0 Å². The van der Waals surface area contributed by atoms with Crippen molar-refractivity contribution >= 4 is 0 Å². The molecule has 2 saturated heterocycles. The molecule has 2 bridgehead atoms. The summed E-state index contributed by atoms with van der Waals surface area (Å²) in [6.45, 7) is 2.35. The van der Waals surface area contributed by atoms with E-state index in [2.05, 4.69) is 24.2 Å². The van der Waals surface area contributed by atoms with Crippen molar-refractivity contribution in [2.24, 2.45) is 5.92 Å². The minimum atomic E-state index is 0.817. The van der Waals surface area contributed by atoms with Crippen LogP contribution in [-0.2, 0) is 0 Å². The van der Waals surface area contributed by atoms with E-state index in [4.69, 9.17) is 0 Å². The molecule has 4 unspecified atom stereocenters. The standard InChI is InChI=1S/C16H30N2/c1-3-12-7-8-13(9-12)17-14-10-15-5-4-6-16(11-14)18(15)2/h12-17H,3-11H2,1-2H3. The van der Waals surface area contributed by atoms with Gasteiger partial charge in [0.2, 0.25) is 0 Å². The van der Waals surface area contributed by atoms with Gasteiger partial charge in [-0.05, 0) is 57.9 Å². The molecular weight excluding hydrogens is 220 g/mol. The first kappa shape index (κ1) is 12.9. The Kier molecular flexibility index (Phi) is 3.95. The lowest BCUT2D eigenvalue weighted by atomic mass is 9.82. The summed E-state index contributed by atoms with van der Waals surface area (Å²) in [5.41, 5.74) is 0. The predicted octanol–water partition coefficient (Wildman–Crippen LogP) is 3.17. The van der Waals surface area contributed by atoms with Crippen molar-refractivity contribution in [3.05, 3.63) is 0 Å². The highest BCUT2D eigenvalue weighted by Crippen LogP contribution is 2.34. The van der Waals surface area contributed by atoms with Crippen LogP contribution in [0, 0.1) is 5.92 Å². The summed E-state index contributed by atoms with van der Waals surface area (Å²) >= 11 is 0. The summed E-state index contributed by atoms with van der Waals surface area (Å²) in [5.74, 6) is 1.01. The third-order valence-electron chi connectivity index (χ3n) is 5.93. The fraction of sp³-hybridized carbons (Fsp3) is 1.00. The number of rotatable bonds is 3. The smallest absolute Gasteiger partial charge is 0.0110 e. The Morgan fingerprint density at radius 3 is 2.28 bits per heavy atom. The first-order chi connectivity index (χ1) is 8.76. The zero-order valence-corrected chi connectivity index (χ0v) is 12.2. The van der Waals surface area contributed by atoms with Crippen LogP contribution in [0.15, 0.2) is 0 Å². The van der Waals surface area contributed by atoms with Gasteiger partial charge in [0.05, 0.1) is 0 Å². The van der Waals surface area contributed by atoms with Gasteiger partial charge >= 0.3 is 0 Å². The topological polar surface area (TPSA) is 15.3 Å². The zero-order valence-electron chi connectivity index (χ0n) is 12.2. The SMILES string of the molecule is CCC1CCC(NC2CC3CCCC(C2)N3C)C1. The average molecular weight is 250 g/mol. The molecule has 3 rings (SSSR count). The molecule has 2 heterocycles. The molecule has 1 N–H and O–H groups in total. The van der Waals surface area contributed by atoms with Gasteiger partial charge in [0.1, 0.15) is 0 Å². The molecule has 104 valence electrons. The number of hydrogen-bond donors (Lipinski definition) is 1. The van der Waals surface area contributed by atoms with E-state index in [1.807, 2.05) is 0 Å². The van der Waals surface area contributed by atoms with Crippen molar-refractivity contribution in [3.63, 3.8) is 0 Å².